The van der Waals surface area contributed by atoms with Crippen molar-refractivity contribution >= 4 is 0 Å². The topological polar surface area (TPSA) is 23.5 Å². The molecule has 1 N–H and O–H groups in total. The zero-order valence-corrected chi connectivity index (χ0v) is 9.99. The highest BCUT2D eigenvalue weighted by Crippen LogP contribution is 2.09. The lowest BCUT2D eigenvalue weighted by Gasteiger charge is -2.17. The highest BCUT2D eigenvalue weighted by Gasteiger charge is 2.05. The third-order valence-corrected chi connectivity index (χ3v) is 2.56. The third kappa shape index (κ3) is 4.73. The van der Waals surface area contributed by atoms with E-state index >= 15 is 0 Å². The average Bonchev–Trinajstić information content (AvgIpc) is 2.21. The Morgan fingerprint density at radius 3 is 2.69 bits per heavy atom. The summed E-state index contributed by atoms with van der Waals surface area (Å²) in [6, 6.07) is 6.84. The third-order valence-electron chi connectivity index (χ3n) is 2.56. The molecule has 1 aromatic carbocycles. The van der Waals surface area contributed by atoms with Gasteiger partial charge in [-0.15, -0.1) is 0 Å². The number of aliphatic hydroxyl groups is 1. The summed E-state index contributed by atoms with van der Waals surface area (Å²) >= 11 is 0. The fourth-order valence-electron chi connectivity index (χ4n) is 1.65. The molecule has 0 aliphatic heterocycles. The minimum atomic E-state index is -0.248. The van der Waals surface area contributed by atoms with E-state index in [2.05, 4.69) is 4.90 Å². The molecule has 0 amide bonds. The van der Waals surface area contributed by atoms with Crippen LogP contribution >= 0.6 is 0 Å². The summed E-state index contributed by atoms with van der Waals surface area (Å²) in [5.41, 5.74) is 0.724. The molecule has 0 saturated carbocycles. The number of aliphatic hydroxyl groups excluding tert-OH is 1. The van der Waals surface area contributed by atoms with Crippen LogP contribution in [0.25, 0.3) is 0 Å². The van der Waals surface area contributed by atoms with E-state index in [0.29, 0.717) is 6.54 Å². The summed E-state index contributed by atoms with van der Waals surface area (Å²) in [6.07, 6.45) is 1.48. The summed E-state index contributed by atoms with van der Waals surface area (Å²) in [7, 11) is 1.97. The Hall–Kier alpha value is -0.930. The van der Waals surface area contributed by atoms with Gasteiger partial charge in [0.2, 0.25) is 0 Å². The van der Waals surface area contributed by atoms with Gasteiger partial charge in [-0.05, 0) is 39.4 Å². The van der Waals surface area contributed by atoms with E-state index in [1.54, 1.807) is 19.1 Å². The van der Waals surface area contributed by atoms with Crippen molar-refractivity contribution in [2.45, 2.75) is 32.4 Å². The van der Waals surface area contributed by atoms with Crippen LogP contribution in [-0.4, -0.2) is 29.7 Å². The van der Waals surface area contributed by atoms with Crippen LogP contribution < -0.4 is 0 Å². The first kappa shape index (κ1) is 13.1. The second kappa shape index (κ2) is 6.61. The van der Waals surface area contributed by atoms with Crippen molar-refractivity contribution in [2.75, 3.05) is 13.6 Å². The lowest BCUT2D eigenvalue weighted by molar-refractivity contribution is 0.173. The maximum atomic E-state index is 13.3. The van der Waals surface area contributed by atoms with Crippen molar-refractivity contribution in [3.63, 3.8) is 0 Å². The SMILES string of the molecule is CC(O)CCCN(C)Cc1ccccc1F. The van der Waals surface area contributed by atoms with Crippen molar-refractivity contribution in [1.82, 2.24) is 4.90 Å². The van der Waals surface area contributed by atoms with E-state index in [1.807, 2.05) is 13.1 Å². The number of nitrogens with zero attached hydrogens (tertiary/aromatic N) is 1. The fourth-order valence-corrected chi connectivity index (χ4v) is 1.65. The Morgan fingerprint density at radius 1 is 1.38 bits per heavy atom. The molecule has 16 heavy (non-hydrogen) atoms. The standard InChI is InChI=1S/C13H20FNO/c1-11(16)6-5-9-15(2)10-12-7-3-4-8-13(12)14/h3-4,7-8,11,16H,5-6,9-10H2,1-2H3. The predicted molar refractivity (Wildman–Crippen MR) is 63.6 cm³/mol. The zero-order valence-electron chi connectivity index (χ0n) is 9.99. The molecule has 0 aromatic heterocycles. The molecule has 2 nitrogen and oxygen atoms in total. The van der Waals surface area contributed by atoms with E-state index in [1.165, 1.54) is 6.07 Å². The van der Waals surface area contributed by atoms with Crippen LogP contribution in [0.2, 0.25) is 0 Å². The van der Waals surface area contributed by atoms with Crippen molar-refractivity contribution in [2.24, 2.45) is 0 Å². The molecular formula is C13H20FNO. The van der Waals surface area contributed by atoms with Crippen molar-refractivity contribution < 1.29 is 9.50 Å². The summed E-state index contributed by atoms with van der Waals surface area (Å²) < 4.78 is 13.3. The van der Waals surface area contributed by atoms with Gasteiger partial charge in [-0.2, -0.15) is 0 Å². The monoisotopic (exact) mass is 225 g/mol. The van der Waals surface area contributed by atoms with E-state index in [-0.39, 0.29) is 11.9 Å². The lowest BCUT2D eigenvalue weighted by atomic mass is 10.2. The maximum absolute atomic E-state index is 13.3. The second-order valence-electron chi connectivity index (χ2n) is 4.32. The molecule has 1 aromatic rings. The van der Waals surface area contributed by atoms with Crippen LogP contribution in [-0.2, 0) is 6.54 Å². The van der Waals surface area contributed by atoms with Gasteiger partial charge in [-0.3, -0.25) is 0 Å². The first-order valence-electron chi connectivity index (χ1n) is 5.69. The molecule has 0 radical (unpaired) electrons. The lowest BCUT2D eigenvalue weighted by Crippen LogP contribution is -2.20. The van der Waals surface area contributed by atoms with E-state index in [0.717, 1.165) is 24.9 Å². The minimum Gasteiger partial charge on any atom is -0.393 e. The summed E-state index contributed by atoms with van der Waals surface area (Å²) in [5.74, 6) is -0.148. The van der Waals surface area contributed by atoms with Crippen molar-refractivity contribution in [3.8, 4) is 0 Å². The van der Waals surface area contributed by atoms with Crippen LogP contribution in [0.4, 0.5) is 4.39 Å². The largest absolute Gasteiger partial charge is 0.393 e. The predicted octanol–water partition coefficient (Wildman–Crippen LogP) is 2.42. The summed E-state index contributed by atoms with van der Waals surface area (Å²) in [6.45, 7) is 3.28. The van der Waals surface area contributed by atoms with E-state index in [4.69, 9.17) is 5.11 Å². The fraction of sp³-hybridized carbons (Fsp3) is 0.538. The molecule has 0 bridgehead atoms. The molecule has 0 saturated heterocycles. The Balaban J connectivity index is 2.34. The Morgan fingerprint density at radius 2 is 2.06 bits per heavy atom. The number of hydrogen-bond donors (Lipinski definition) is 1. The summed E-state index contributed by atoms with van der Waals surface area (Å²) in [4.78, 5) is 2.07. The number of hydrogen-bond acceptors (Lipinski definition) is 2. The molecule has 0 aliphatic rings. The second-order valence-corrected chi connectivity index (χ2v) is 4.32. The molecule has 0 aliphatic carbocycles. The van der Waals surface area contributed by atoms with Gasteiger partial charge in [0.1, 0.15) is 5.82 Å². The van der Waals surface area contributed by atoms with Gasteiger partial charge in [0.25, 0.3) is 0 Å². The number of rotatable bonds is 6. The van der Waals surface area contributed by atoms with Gasteiger partial charge in [0.05, 0.1) is 6.10 Å². The number of benzene rings is 1. The molecule has 0 spiro atoms. The molecule has 3 heteroatoms. The smallest absolute Gasteiger partial charge is 0.127 e. The van der Waals surface area contributed by atoms with E-state index in [9.17, 15) is 4.39 Å². The Kier molecular flexibility index (Phi) is 5.43. The molecule has 0 heterocycles. The van der Waals surface area contributed by atoms with Gasteiger partial charge in [-0.25, -0.2) is 4.39 Å². The molecule has 1 atom stereocenters. The molecule has 1 unspecified atom stereocenters. The highest BCUT2D eigenvalue weighted by molar-refractivity contribution is 5.16. The van der Waals surface area contributed by atoms with Crippen LogP contribution in [0, 0.1) is 5.82 Å². The Bertz CT molecular complexity index is 315. The van der Waals surface area contributed by atoms with Gasteiger partial charge < -0.3 is 10.0 Å². The average molecular weight is 225 g/mol. The van der Waals surface area contributed by atoms with Crippen LogP contribution in [0.3, 0.4) is 0 Å². The van der Waals surface area contributed by atoms with Gasteiger partial charge in [-0.1, -0.05) is 18.2 Å². The minimum absolute atomic E-state index is 0.148. The van der Waals surface area contributed by atoms with Crippen LogP contribution in [0.15, 0.2) is 24.3 Å². The quantitative estimate of drug-likeness (QED) is 0.803. The van der Waals surface area contributed by atoms with Crippen LogP contribution in [0.5, 0.6) is 0 Å². The molecule has 1 rings (SSSR count). The first-order chi connectivity index (χ1) is 7.59. The number of halogens is 1. The summed E-state index contributed by atoms with van der Waals surface area (Å²) in [5, 5.41) is 9.12. The molecule has 90 valence electrons. The van der Waals surface area contributed by atoms with Gasteiger partial charge in [0.15, 0.2) is 0 Å². The van der Waals surface area contributed by atoms with Crippen LogP contribution in [0.1, 0.15) is 25.3 Å². The van der Waals surface area contributed by atoms with Crippen molar-refractivity contribution in [1.29, 1.82) is 0 Å². The van der Waals surface area contributed by atoms with E-state index < -0.39 is 0 Å². The van der Waals surface area contributed by atoms with Gasteiger partial charge in [0, 0.05) is 12.1 Å². The normalized spacial score (nSPS) is 13.1. The molecule has 0 fully saturated rings. The molecular weight excluding hydrogens is 205 g/mol. The van der Waals surface area contributed by atoms with Gasteiger partial charge >= 0.3 is 0 Å². The first-order valence-corrected chi connectivity index (χ1v) is 5.69. The maximum Gasteiger partial charge on any atom is 0.127 e. The Labute approximate surface area is 96.7 Å². The highest BCUT2D eigenvalue weighted by atomic mass is 19.1. The van der Waals surface area contributed by atoms with Crippen molar-refractivity contribution in [3.05, 3.63) is 35.6 Å². The zero-order chi connectivity index (χ0) is 12.0.